The van der Waals surface area contributed by atoms with Gasteiger partial charge in [0.25, 0.3) is 0 Å². The van der Waals surface area contributed by atoms with Crippen LogP contribution in [-0.4, -0.2) is 5.11 Å². The van der Waals surface area contributed by atoms with Crippen LogP contribution in [0.2, 0.25) is 0 Å². The minimum absolute atomic E-state index is 0. The molecule has 1 atom stereocenters. The van der Waals surface area contributed by atoms with Gasteiger partial charge in [0.2, 0.25) is 0 Å². The van der Waals surface area contributed by atoms with Crippen LogP contribution < -0.4 is 0 Å². The molecule has 0 aromatic heterocycles. The molecule has 2 saturated carbocycles. The van der Waals surface area contributed by atoms with Gasteiger partial charge in [0.1, 0.15) is 0 Å². The first kappa shape index (κ1) is 18.5. The van der Waals surface area contributed by atoms with E-state index < -0.39 is 6.10 Å². The van der Waals surface area contributed by atoms with Crippen molar-refractivity contribution in [2.24, 2.45) is 0 Å². The maximum absolute atomic E-state index is 10.2. The van der Waals surface area contributed by atoms with Crippen LogP contribution in [0, 0.1) is 63.7 Å². The molecule has 0 unspecified atom stereocenters. The predicted octanol–water partition coefficient (Wildman–Crippen LogP) is 4.30. The van der Waals surface area contributed by atoms with Crippen molar-refractivity contribution in [1.82, 2.24) is 0 Å². The summed E-state index contributed by atoms with van der Waals surface area (Å²) in [6, 6.07) is 14.3. The third-order valence-electron chi connectivity index (χ3n) is 3.65. The number of benzene rings is 2. The van der Waals surface area contributed by atoms with Gasteiger partial charge < -0.3 is 5.11 Å². The van der Waals surface area contributed by atoms with Gasteiger partial charge in [0.15, 0.2) is 0 Å². The van der Waals surface area contributed by atoms with Gasteiger partial charge in [-0.3, -0.25) is 0 Å². The molecule has 0 amide bonds. The van der Waals surface area contributed by atoms with E-state index in [1.807, 2.05) is 82.1 Å². The number of fused-ring (bicyclic) bond motifs is 1. The molecule has 2 aromatic carbocycles. The van der Waals surface area contributed by atoms with Crippen molar-refractivity contribution in [2.45, 2.75) is 6.10 Å². The smallest absolute Gasteiger partial charge is 0.388 e. The minimum Gasteiger partial charge on any atom is -0.388 e. The van der Waals surface area contributed by atoms with E-state index in [-0.39, 0.29) is 17.1 Å². The first-order valence-electron chi connectivity index (χ1n) is 7.39. The molecule has 2 heteroatoms. The maximum atomic E-state index is 10.2. The second-order valence-electron chi connectivity index (χ2n) is 5.19. The van der Waals surface area contributed by atoms with E-state index >= 15 is 0 Å². The van der Waals surface area contributed by atoms with E-state index in [2.05, 4.69) is 18.2 Å². The molecule has 2 aromatic rings. The summed E-state index contributed by atoms with van der Waals surface area (Å²) < 4.78 is 0. The maximum Gasteiger partial charge on any atom is 2.00 e. The summed E-state index contributed by atoms with van der Waals surface area (Å²) in [6.07, 6.45) is 17.2. The molecule has 10 radical (unpaired) electrons. The van der Waals surface area contributed by atoms with Crippen LogP contribution in [0.5, 0.6) is 0 Å². The molecule has 0 heterocycles. The number of rotatable bonds is 2. The number of hydrogen-bond acceptors (Lipinski definition) is 1. The van der Waals surface area contributed by atoms with Crippen molar-refractivity contribution in [3.8, 4) is 0 Å². The van der Waals surface area contributed by atoms with Crippen molar-refractivity contribution in [2.75, 3.05) is 0 Å². The largest absolute Gasteiger partial charge is 2.00 e. The first-order valence-corrected chi connectivity index (χ1v) is 7.39. The summed E-state index contributed by atoms with van der Waals surface area (Å²) in [6.45, 7) is 0. The van der Waals surface area contributed by atoms with Crippen LogP contribution >= 0.6 is 0 Å². The molecule has 2 aliphatic carbocycles. The quantitative estimate of drug-likeness (QED) is 0.807. The molecule has 4 rings (SSSR count). The molecule has 1 nitrogen and oxygen atoms in total. The van der Waals surface area contributed by atoms with Gasteiger partial charge in [-0.25, -0.2) is 0 Å². The summed E-state index contributed by atoms with van der Waals surface area (Å²) in [5.41, 5.74) is 0.940. The normalized spacial score (nSPS) is 19.0. The third-order valence-corrected chi connectivity index (χ3v) is 3.65. The van der Waals surface area contributed by atoms with Gasteiger partial charge in [0.05, 0.1) is 6.10 Å². The molecule has 0 aliphatic heterocycles. The second-order valence-corrected chi connectivity index (χ2v) is 5.19. The van der Waals surface area contributed by atoms with Gasteiger partial charge in [-0.2, -0.15) is 0 Å². The Kier molecular flexibility index (Phi) is 7.62. The fraction of sp³-hybridized carbons (Fsp3) is 0.0476. The molecule has 0 spiro atoms. The van der Waals surface area contributed by atoms with E-state index in [0.717, 1.165) is 16.9 Å². The Morgan fingerprint density at radius 1 is 0.652 bits per heavy atom. The molecule has 2 fully saturated rings. The van der Waals surface area contributed by atoms with Gasteiger partial charge in [-0.05, 0) is 80.2 Å². The van der Waals surface area contributed by atoms with Crippen molar-refractivity contribution in [1.29, 1.82) is 0 Å². The zero-order chi connectivity index (χ0) is 15.2. The summed E-state index contributed by atoms with van der Waals surface area (Å²) in [5.74, 6) is 0.945. The van der Waals surface area contributed by atoms with E-state index in [4.69, 9.17) is 0 Å². The summed E-state index contributed by atoms with van der Waals surface area (Å²) >= 11 is 0. The molecule has 0 saturated heterocycles. The fourth-order valence-corrected chi connectivity index (χ4v) is 2.46. The molecule has 23 heavy (non-hydrogen) atoms. The van der Waals surface area contributed by atoms with Crippen LogP contribution in [0.3, 0.4) is 0 Å². The van der Waals surface area contributed by atoms with E-state index in [0.29, 0.717) is 0 Å². The van der Waals surface area contributed by atoms with Crippen LogP contribution in [0.1, 0.15) is 11.7 Å². The number of aliphatic hydroxyl groups excluding tert-OH is 1. The summed E-state index contributed by atoms with van der Waals surface area (Å²) in [4.78, 5) is 0. The van der Waals surface area contributed by atoms with Crippen LogP contribution in [0.15, 0.2) is 42.5 Å². The summed E-state index contributed by atoms with van der Waals surface area (Å²) in [7, 11) is 0. The van der Waals surface area contributed by atoms with Crippen LogP contribution in [0.4, 0.5) is 0 Å². The van der Waals surface area contributed by atoms with Crippen molar-refractivity contribution in [3.63, 3.8) is 0 Å². The Labute approximate surface area is 151 Å². The Morgan fingerprint density at radius 3 is 1.83 bits per heavy atom. The van der Waals surface area contributed by atoms with E-state index in [1.54, 1.807) is 0 Å². The Morgan fingerprint density at radius 2 is 1.22 bits per heavy atom. The standard InChI is InChI=1S/C16H13O.C5H5.Fe/c17-16(13-6-2-3-7-13)15-10-9-12-5-1-4-8-14(12)11-15;1-2-4-5-3-1;/h1-11,16-17H;1-5H;/q;;+2/t16-;;/m1../s1. The van der Waals surface area contributed by atoms with Gasteiger partial charge in [-0.1, -0.05) is 36.4 Å². The molecule has 0 bridgehead atoms. The van der Waals surface area contributed by atoms with Gasteiger partial charge in [-0.15, -0.1) is 0 Å². The van der Waals surface area contributed by atoms with Crippen LogP contribution in [0.25, 0.3) is 10.8 Å². The number of aliphatic hydroxyl groups is 1. The minimum atomic E-state index is -0.533. The fourth-order valence-electron chi connectivity index (χ4n) is 2.46. The molecular formula is C21H18FeO+2. The monoisotopic (exact) mass is 342 g/mol. The molecule has 114 valence electrons. The zero-order valence-electron chi connectivity index (χ0n) is 12.6. The third kappa shape index (κ3) is 5.08. The average Bonchev–Trinajstić information content (AvgIpc) is 3.29. The zero-order valence-corrected chi connectivity index (χ0v) is 13.7. The number of hydrogen-bond donors (Lipinski definition) is 1. The van der Waals surface area contributed by atoms with Crippen molar-refractivity contribution >= 4 is 10.8 Å². The predicted molar refractivity (Wildman–Crippen MR) is 90.9 cm³/mol. The summed E-state index contributed by atoms with van der Waals surface area (Å²) in [5, 5.41) is 12.6. The Balaban J connectivity index is 0.000000276. The van der Waals surface area contributed by atoms with Gasteiger partial charge in [0, 0.05) is 5.92 Å². The molecule has 1 N–H and O–H groups in total. The SMILES string of the molecule is O[C@H]([C]1[CH][CH][CH][CH]1)c1ccc2ccccc2c1.[CH]1[CH][CH][CH][CH]1.[Fe+2]. The molecule has 2 aliphatic rings. The van der Waals surface area contributed by atoms with Crippen LogP contribution in [-0.2, 0) is 17.1 Å². The van der Waals surface area contributed by atoms with E-state index in [1.165, 1.54) is 5.39 Å². The average molecular weight is 342 g/mol. The first-order chi connectivity index (χ1) is 10.8. The van der Waals surface area contributed by atoms with E-state index in [9.17, 15) is 5.11 Å². The van der Waals surface area contributed by atoms with Gasteiger partial charge >= 0.3 is 17.1 Å². The topological polar surface area (TPSA) is 20.2 Å². The van der Waals surface area contributed by atoms with Crippen molar-refractivity contribution in [3.05, 3.63) is 112 Å². The van der Waals surface area contributed by atoms with Crippen molar-refractivity contribution < 1.29 is 22.2 Å². The second kappa shape index (κ2) is 9.47. The molecular weight excluding hydrogens is 324 g/mol. The Hall–Kier alpha value is -0.821. The Bertz CT molecular complexity index is 578.